The average Bonchev–Trinajstić information content (AvgIpc) is 2.89. The van der Waals surface area contributed by atoms with Crippen LogP contribution in [-0.4, -0.2) is 26.5 Å². The summed E-state index contributed by atoms with van der Waals surface area (Å²) in [7, 11) is 0. The van der Waals surface area contributed by atoms with E-state index < -0.39 is 24.0 Å². The van der Waals surface area contributed by atoms with E-state index in [9.17, 15) is 22.8 Å². The Kier molecular flexibility index (Phi) is 5.63. The summed E-state index contributed by atoms with van der Waals surface area (Å²) < 4.78 is 43.7. The maximum Gasteiger partial charge on any atom is 0.573 e. The molecule has 0 radical (unpaired) electrons. The summed E-state index contributed by atoms with van der Waals surface area (Å²) >= 11 is 2.09. The number of aromatic nitrogens is 3. The Labute approximate surface area is 170 Å². The minimum absolute atomic E-state index is 0.281. The third-order valence-corrected chi connectivity index (χ3v) is 4.50. The second-order valence-electron chi connectivity index (χ2n) is 5.92. The fourth-order valence-corrected chi connectivity index (χ4v) is 3.00. The van der Waals surface area contributed by atoms with Gasteiger partial charge in [0.2, 0.25) is 5.91 Å². The van der Waals surface area contributed by atoms with Crippen molar-refractivity contribution in [1.82, 2.24) is 19.5 Å². The molecule has 1 atom stereocenters. The largest absolute Gasteiger partial charge is 0.573 e. The molecule has 0 saturated heterocycles. The zero-order valence-corrected chi connectivity index (χ0v) is 16.6. The highest BCUT2D eigenvalue weighted by atomic mass is 127. The number of nitrogens with zero attached hydrogens (tertiary/aromatic N) is 3. The summed E-state index contributed by atoms with van der Waals surface area (Å²) in [6.45, 7) is 1.39. The molecule has 3 rings (SSSR count). The molecule has 2 heterocycles. The molecule has 0 unspecified atom stereocenters. The first-order chi connectivity index (χ1) is 13.1. The number of hydrogen-bond donors (Lipinski definition) is 1. The van der Waals surface area contributed by atoms with Crippen LogP contribution < -0.4 is 15.7 Å². The van der Waals surface area contributed by atoms with Gasteiger partial charge in [-0.25, -0.2) is 9.48 Å². The van der Waals surface area contributed by atoms with Crippen molar-refractivity contribution in [3.63, 3.8) is 0 Å². The predicted molar refractivity (Wildman–Crippen MR) is 102 cm³/mol. The highest BCUT2D eigenvalue weighted by Gasteiger charge is 2.31. The predicted octanol–water partition coefficient (Wildman–Crippen LogP) is 2.88. The summed E-state index contributed by atoms with van der Waals surface area (Å²) in [4.78, 5) is 24.5. The lowest BCUT2D eigenvalue weighted by Crippen LogP contribution is -2.34. The van der Waals surface area contributed by atoms with Gasteiger partial charge in [0.25, 0.3) is 0 Å². The molecule has 148 valence electrons. The quantitative estimate of drug-likeness (QED) is 0.541. The normalized spacial score (nSPS) is 12.8. The number of fused-ring (bicyclic) bond motifs is 1. The second-order valence-corrected chi connectivity index (χ2v) is 7.17. The minimum atomic E-state index is -4.76. The monoisotopic (exact) mass is 506 g/mol. The van der Waals surface area contributed by atoms with Gasteiger partial charge in [0.05, 0.1) is 6.04 Å². The number of benzene rings is 1. The highest BCUT2D eigenvalue weighted by Crippen LogP contribution is 2.24. The van der Waals surface area contributed by atoms with Crippen LogP contribution in [0.4, 0.5) is 13.2 Å². The summed E-state index contributed by atoms with van der Waals surface area (Å²) in [5, 5.41) is 6.80. The van der Waals surface area contributed by atoms with Crippen molar-refractivity contribution in [1.29, 1.82) is 0 Å². The van der Waals surface area contributed by atoms with Gasteiger partial charge in [-0.05, 0) is 59.3 Å². The number of rotatable bonds is 5. The van der Waals surface area contributed by atoms with E-state index in [1.807, 2.05) is 0 Å². The first kappa shape index (κ1) is 20.2. The van der Waals surface area contributed by atoms with Gasteiger partial charge in [-0.1, -0.05) is 12.1 Å². The zero-order valence-electron chi connectivity index (χ0n) is 14.4. The fraction of sp³-hybridized carbons (Fsp3) is 0.235. The van der Waals surface area contributed by atoms with Crippen molar-refractivity contribution in [3.8, 4) is 5.75 Å². The van der Waals surface area contributed by atoms with Gasteiger partial charge in [-0.15, -0.1) is 18.3 Å². The van der Waals surface area contributed by atoms with E-state index in [4.69, 9.17) is 0 Å². The van der Waals surface area contributed by atoms with Gasteiger partial charge >= 0.3 is 12.1 Å². The SMILES string of the molecule is C[C@H](NC(=O)Cn1nc2cc(I)ccn2c1=O)c1ccc(OC(F)(F)F)cc1. The lowest BCUT2D eigenvalue weighted by Gasteiger charge is -2.15. The fourth-order valence-electron chi connectivity index (χ4n) is 2.56. The van der Waals surface area contributed by atoms with E-state index in [0.29, 0.717) is 11.2 Å². The number of carbonyl (C=O) groups excluding carboxylic acids is 1. The molecular weight excluding hydrogens is 492 g/mol. The smallest absolute Gasteiger partial charge is 0.406 e. The molecule has 0 saturated carbocycles. The number of alkyl halides is 3. The standard InChI is InChI=1S/C17H14F3IN4O3/c1-10(11-2-4-13(5-3-11)28-17(18,19)20)22-15(26)9-25-16(27)24-7-6-12(21)8-14(24)23-25/h2-8,10H,9H2,1H3,(H,22,26)/t10-/m0/s1. The van der Waals surface area contributed by atoms with E-state index in [-0.39, 0.29) is 12.3 Å². The minimum Gasteiger partial charge on any atom is -0.406 e. The summed E-state index contributed by atoms with van der Waals surface area (Å²) in [5.41, 5.74) is 0.570. The van der Waals surface area contributed by atoms with E-state index in [1.165, 1.54) is 28.7 Å². The number of ether oxygens (including phenoxy) is 1. The number of amides is 1. The van der Waals surface area contributed by atoms with E-state index in [1.54, 1.807) is 25.3 Å². The molecular formula is C17H14F3IN4O3. The molecule has 0 spiro atoms. The van der Waals surface area contributed by atoms with Crippen molar-refractivity contribution in [2.45, 2.75) is 25.9 Å². The molecule has 11 heteroatoms. The maximum atomic E-state index is 12.3. The Balaban J connectivity index is 1.66. The lowest BCUT2D eigenvalue weighted by molar-refractivity contribution is -0.274. The maximum absolute atomic E-state index is 12.3. The molecule has 0 aliphatic rings. The van der Waals surface area contributed by atoms with Gasteiger partial charge in [-0.3, -0.25) is 9.20 Å². The number of nitrogens with one attached hydrogen (secondary N) is 1. The van der Waals surface area contributed by atoms with Crippen LogP contribution in [-0.2, 0) is 11.3 Å². The Morgan fingerprint density at radius 1 is 1.29 bits per heavy atom. The van der Waals surface area contributed by atoms with Crippen LogP contribution in [0.3, 0.4) is 0 Å². The third kappa shape index (κ3) is 4.82. The van der Waals surface area contributed by atoms with Crippen LogP contribution in [0, 0.1) is 3.57 Å². The number of halogens is 4. The van der Waals surface area contributed by atoms with Gasteiger partial charge in [-0.2, -0.15) is 0 Å². The summed E-state index contributed by atoms with van der Waals surface area (Å²) in [6.07, 6.45) is -3.19. The molecule has 1 aromatic carbocycles. The topological polar surface area (TPSA) is 77.6 Å². The van der Waals surface area contributed by atoms with Crippen molar-refractivity contribution in [2.75, 3.05) is 0 Å². The van der Waals surface area contributed by atoms with Crippen molar-refractivity contribution < 1.29 is 22.7 Å². The summed E-state index contributed by atoms with van der Waals surface area (Å²) in [5.74, 6) is -0.802. The van der Waals surface area contributed by atoms with E-state index in [0.717, 1.165) is 8.25 Å². The third-order valence-electron chi connectivity index (χ3n) is 3.83. The average molecular weight is 506 g/mol. The van der Waals surface area contributed by atoms with E-state index >= 15 is 0 Å². The van der Waals surface area contributed by atoms with Crippen LogP contribution >= 0.6 is 22.6 Å². The Morgan fingerprint density at radius 3 is 2.61 bits per heavy atom. The van der Waals surface area contributed by atoms with Crippen molar-refractivity contribution in [2.24, 2.45) is 0 Å². The van der Waals surface area contributed by atoms with Gasteiger partial charge < -0.3 is 10.1 Å². The zero-order chi connectivity index (χ0) is 20.5. The molecule has 3 aromatic rings. The molecule has 0 aliphatic carbocycles. The molecule has 0 fully saturated rings. The molecule has 1 amide bonds. The number of pyridine rings is 1. The Hall–Kier alpha value is -2.57. The lowest BCUT2D eigenvalue weighted by atomic mass is 10.1. The molecule has 0 aliphatic heterocycles. The Bertz CT molecular complexity index is 1060. The van der Waals surface area contributed by atoms with Crippen LogP contribution in [0.1, 0.15) is 18.5 Å². The van der Waals surface area contributed by atoms with Crippen molar-refractivity contribution in [3.05, 3.63) is 62.2 Å². The molecule has 2 aromatic heterocycles. The van der Waals surface area contributed by atoms with Gasteiger partial charge in [0.15, 0.2) is 5.65 Å². The van der Waals surface area contributed by atoms with Crippen LogP contribution in [0.15, 0.2) is 47.4 Å². The molecule has 1 N–H and O–H groups in total. The first-order valence-electron chi connectivity index (χ1n) is 8.02. The highest BCUT2D eigenvalue weighted by molar-refractivity contribution is 14.1. The Morgan fingerprint density at radius 2 is 1.96 bits per heavy atom. The number of hydrogen-bond acceptors (Lipinski definition) is 4. The second kappa shape index (κ2) is 7.81. The van der Waals surface area contributed by atoms with Gasteiger partial charge in [0.1, 0.15) is 12.3 Å². The van der Waals surface area contributed by atoms with Crippen molar-refractivity contribution >= 4 is 34.1 Å². The van der Waals surface area contributed by atoms with Gasteiger partial charge in [0, 0.05) is 9.77 Å². The first-order valence-corrected chi connectivity index (χ1v) is 9.10. The number of carbonyl (C=O) groups is 1. The summed E-state index contributed by atoms with van der Waals surface area (Å²) in [6, 6.07) is 8.15. The molecule has 28 heavy (non-hydrogen) atoms. The van der Waals surface area contributed by atoms with Crippen LogP contribution in [0.2, 0.25) is 0 Å². The molecule has 7 nitrogen and oxygen atoms in total. The van der Waals surface area contributed by atoms with Crippen LogP contribution in [0.25, 0.3) is 5.65 Å². The van der Waals surface area contributed by atoms with E-state index in [2.05, 4.69) is 37.7 Å². The van der Waals surface area contributed by atoms with Crippen LogP contribution in [0.5, 0.6) is 5.75 Å². The molecule has 0 bridgehead atoms.